The number of H-pyrrole nitrogens is 1. The lowest BCUT2D eigenvalue weighted by Crippen LogP contribution is -2.25. The largest absolute Gasteiger partial charge is 0.325 e. The van der Waals surface area contributed by atoms with Crippen molar-refractivity contribution in [2.75, 3.05) is 0 Å². The van der Waals surface area contributed by atoms with Gasteiger partial charge in [0.05, 0.1) is 23.6 Å². The van der Waals surface area contributed by atoms with E-state index in [2.05, 4.69) is 25.1 Å². The third-order valence-electron chi connectivity index (χ3n) is 2.49. The first kappa shape index (κ1) is 13.6. The second-order valence-electron chi connectivity index (χ2n) is 3.87. The van der Waals surface area contributed by atoms with Gasteiger partial charge in [-0.2, -0.15) is 15.3 Å². The van der Waals surface area contributed by atoms with Gasteiger partial charge in [-0.15, -0.1) is 0 Å². The molecular formula is C10H14N6O2S. The molecule has 9 heteroatoms. The summed E-state index contributed by atoms with van der Waals surface area (Å²) in [5, 5.41) is 14.0. The van der Waals surface area contributed by atoms with Gasteiger partial charge in [0, 0.05) is 12.7 Å². The smallest absolute Gasteiger partial charge is 0.244 e. The van der Waals surface area contributed by atoms with E-state index in [0.29, 0.717) is 17.1 Å². The summed E-state index contributed by atoms with van der Waals surface area (Å²) < 4.78 is 26.8. The number of hydrogen-bond acceptors (Lipinski definition) is 6. The van der Waals surface area contributed by atoms with E-state index in [1.54, 1.807) is 19.1 Å². The van der Waals surface area contributed by atoms with Crippen LogP contribution in [0.1, 0.15) is 17.1 Å². The Morgan fingerprint density at radius 1 is 1.47 bits per heavy atom. The first-order valence-corrected chi connectivity index (χ1v) is 7.03. The Bertz CT molecular complexity index is 652. The summed E-state index contributed by atoms with van der Waals surface area (Å²) in [4.78, 5) is 0.0962. The number of nitrogens with zero attached hydrogens (tertiary/aromatic N) is 3. The van der Waals surface area contributed by atoms with Gasteiger partial charge in [0.2, 0.25) is 10.0 Å². The molecule has 102 valence electrons. The number of aryl methyl sites for hydroxylation is 1. The molecule has 4 N–H and O–H groups in total. The molecule has 0 radical (unpaired) electrons. The van der Waals surface area contributed by atoms with Crippen LogP contribution in [0.4, 0.5) is 0 Å². The van der Waals surface area contributed by atoms with Crippen molar-refractivity contribution >= 4 is 10.0 Å². The summed E-state index contributed by atoms with van der Waals surface area (Å²) >= 11 is 0. The Morgan fingerprint density at radius 2 is 2.26 bits per heavy atom. The predicted molar refractivity (Wildman–Crippen MR) is 67.3 cm³/mol. The number of nitrogens with two attached hydrogens (primary N) is 1. The molecule has 2 aromatic heterocycles. The minimum Gasteiger partial charge on any atom is -0.325 e. The lowest BCUT2D eigenvalue weighted by atomic mass is 10.4. The van der Waals surface area contributed by atoms with Crippen molar-refractivity contribution in [3.63, 3.8) is 0 Å². The maximum atomic E-state index is 12.2. The average Bonchev–Trinajstić information content (AvgIpc) is 2.80. The summed E-state index contributed by atoms with van der Waals surface area (Å²) in [7, 11) is -3.68. The van der Waals surface area contributed by atoms with E-state index >= 15 is 0 Å². The molecule has 2 rings (SSSR count). The van der Waals surface area contributed by atoms with Crippen LogP contribution in [0.15, 0.2) is 23.2 Å². The van der Waals surface area contributed by atoms with Gasteiger partial charge in [-0.25, -0.2) is 13.1 Å². The molecule has 2 aromatic rings. The molecule has 8 nitrogen and oxygen atoms in total. The highest BCUT2D eigenvalue weighted by atomic mass is 32.2. The van der Waals surface area contributed by atoms with E-state index in [0.717, 1.165) is 0 Å². The molecule has 0 bridgehead atoms. The first-order valence-electron chi connectivity index (χ1n) is 5.54. The first-order chi connectivity index (χ1) is 9.04. The molecule has 2 heterocycles. The zero-order valence-corrected chi connectivity index (χ0v) is 11.1. The standard InChI is InChI=1S/C10H14N6O2S/c1-7-10(9(5-11)16-14-7)19(17,18)13-6-8-3-2-4-12-15-8/h2-4,13H,5-6,11H2,1H3,(H,14,16). The number of hydrogen-bond donors (Lipinski definition) is 3. The average molecular weight is 282 g/mol. The predicted octanol–water partition coefficient (Wildman–Crippen LogP) is -0.555. The maximum Gasteiger partial charge on any atom is 0.244 e. The van der Waals surface area contributed by atoms with Crippen LogP contribution in [-0.2, 0) is 23.1 Å². The van der Waals surface area contributed by atoms with Crippen LogP contribution in [0.2, 0.25) is 0 Å². The molecule has 0 amide bonds. The molecule has 0 atom stereocenters. The van der Waals surface area contributed by atoms with Crippen molar-refractivity contribution in [2.24, 2.45) is 5.73 Å². The summed E-state index contributed by atoms with van der Waals surface area (Å²) in [6.45, 7) is 1.74. The van der Waals surface area contributed by atoms with Crippen molar-refractivity contribution < 1.29 is 8.42 Å². The van der Waals surface area contributed by atoms with E-state index in [1.807, 2.05) is 0 Å². The monoisotopic (exact) mass is 282 g/mol. The highest BCUT2D eigenvalue weighted by Gasteiger charge is 2.23. The fourth-order valence-corrected chi connectivity index (χ4v) is 3.00. The van der Waals surface area contributed by atoms with Crippen molar-refractivity contribution in [1.29, 1.82) is 0 Å². The topological polar surface area (TPSA) is 127 Å². The lowest BCUT2D eigenvalue weighted by molar-refractivity contribution is 0.578. The molecular weight excluding hydrogens is 268 g/mol. The van der Waals surface area contributed by atoms with Crippen LogP contribution in [0, 0.1) is 6.92 Å². The number of aromatic amines is 1. The Kier molecular flexibility index (Phi) is 3.88. The van der Waals surface area contributed by atoms with Gasteiger partial charge in [-0.05, 0) is 19.1 Å². The van der Waals surface area contributed by atoms with E-state index in [-0.39, 0.29) is 18.0 Å². The van der Waals surface area contributed by atoms with Gasteiger partial charge in [-0.1, -0.05) is 0 Å². The van der Waals surface area contributed by atoms with Crippen LogP contribution in [-0.4, -0.2) is 28.8 Å². The van der Waals surface area contributed by atoms with Crippen molar-refractivity contribution in [2.45, 2.75) is 24.9 Å². The minimum absolute atomic E-state index is 0.0473. The number of sulfonamides is 1. The van der Waals surface area contributed by atoms with E-state index in [9.17, 15) is 8.42 Å². The second-order valence-corrected chi connectivity index (χ2v) is 5.57. The van der Waals surface area contributed by atoms with Crippen LogP contribution in [0.3, 0.4) is 0 Å². The van der Waals surface area contributed by atoms with Crippen LogP contribution >= 0.6 is 0 Å². The molecule has 0 fully saturated rings. The Balaban J connectivity index is 2.21. The molecule has 0 saturated heterocycles. The number of aromatic nitrogens is 4. The van der Waals surface area contributed by atoms with Gasteiger partial charge < -0.3 is 5.73 Å². The molecule has 0 spiro atoms. The molecule has 0 aliphatic heterocycles. The molecule has 0 aromatic carbocycles. The quantitative estimate of drug-likeness (QED) is 0.675. The summed E-state index contributed by atoms with van der Waals surface area (Å²) in [6, 6.07) is 3.37. The summed E-state index contributed by atoms with van der Waals surface area (Å²) in [5.41, 5.74) is 6.76. The van der Waals surface area contributed by atoms with Crippen molar-refractivity contribution in [3.05, 3.63) is 35.4 Å². The zero-order chi connectivity index (χ0) is 13.9. The summed E-state index contributed by atoms with van der Waals surface area (Å²) in [5.74, 6) is 0. The third kappa shape index (κ3) is 2.95. The fraction of sp³-hybridized carbons (Fsp3) is 0.300. The van der Waals surface area contributed by atoms with Crippen molar-refractivity contribution in [1.82, 2.24) is 25.1 Å². The maximum absolute atomic E-state index is 12.2. The van der Waals surface area contributed by atoms with Gasteiger partial charge >= 0.3 is 0 Å². The molecule has 0 saturated carbocycles. The molecule has 0 aliphatic carbocycles. The van der Waals surface area contributed by atoms with Gasteiger partial charge in [0.15, 0.2) is 0 Å². The lowest BCUT2D eigenvalue weighted by Gasteiger charge is -2.06. The Labute approximate surface area is 110 Å². The minimum atomic E-state index is -3.68. The van der Waals surface area contributed by atoms with E-state index in [1.165, 1.54) is 6.20 Å². The van der Waals surface area contributed by atoms with Crippen LogP contribution in [0.5, 0.6) is 0 Å². The number of rotatable bonds is 5. The van der Waals surface area contributed by atoms with Crippen LogP contribution in [0.25, 0.3) is 0 Å². The van der Waals surface area contributed by atoms with Crippen molar-refractivity contribution in [3.8, 4) is 0 Å². The second kappa shape index (κ2) is 5.43. The van der Waals surface area contributed by atoms with Gasteiger partial charge in [0.25, 0.3) is 0 Å². The highest BCUT2D eigenvalue weighted by Crippen LogP contribution is 2.17. The van der Waals surface area contributed by atoms with Gasteiger partial charge in [0.1, 0.15) is 4.90 Å². The normalized spacial score (nSPS) is 11.7. The Morgan fingerprint density at radius 3 is 2.89 bits per heavy atom. The molecule has 0 aliphatic rings. The Hall–Kier alpha value is -1.84. The SMILES string of the molecule is Cc1[nH]nc(CN)c1S(=O)(=O)NCc1cccnn1. The summed E-state index contributed by atoms with van der Waals surface area (Å²) in [6.07, 6.45) is 1.52. The number of nitrogens with one attached hydrogen (secondary N) is 2. The third-order valence-corrected chi connectivity index (χ3v) is 4.10. The van der Waals surface area contributed by atoms with E-state index < -0.39 is 10.0 Å². The highest BCUT2D eigenvalue weighted by molar-refractivity contribution is 7.89. The van der Waals surface area contributed by atoms with Crippen LogP contribution < -0.4 is 10.5 Å². The van der Waals surface area contributed by atoms with Gasteiger partial charge in [-0.3, -0.25) is 5.10 Å². The van der Waals surface area contributed by atoms with E-state index in [4.69, 9.17) is 5.73 Å². The molecule has 0 unspecified atom stereocenters. The molecule has 19 heavy (non-hydrogen) atoms. The fourth-order valence-electron chi connectivity index (χ4n) is 1.63. The zero-order valence-electron chi connectivity index (χ0n) is 10.3.